The Labute approximate surface area is 153 Å². The number of hydrogen-bond acceptors (Lipinski definition) is 4. The minimum absolute atomic E-state index is 0.282. The molecule has 0 aliphatic carbocycles. The second-order valence-corrected chi connectivity index (χ2v) is 6.93. The number of carbonyl (C=O) groups excluding carboxylic acids is 1. The lowest BCUT2D eigenvalue weighted by molar-refractivity contribution is 0.102. The van der Waals surface area contributed by atoms with Gasteiger partial charge >= 0.3 is 0 Å². The van der Waals surface area contributed by atoms with E-state index in [0.29, 0.717) is 27.3 Å². The largest absolute Gasteiger partial charge is 0.494 e. The van der Waals surface area contributed by atoms with Crippen molar-refractivity contribution in [1.29, 1.82) is 0 Å². The van der Waals surface area contributed by atoms with Gasteiger partial charge in [0.05, 0.1) is 26.9 Å². The number of halogens is 2. The molecule has 1 amide bonds. The molecule has 3 aromatic rings. The highest BCUT2D eigenvalue weighted by Crippen LogP contribution is 2.30. The molecule has 0 aliphatic rings. The number of fused-ring (bicyclic) bond motifs is 1. The molecule has 124 valence electrons. The summed E-state index contributed by atoms with van der Waals surface area (Å²) in [5.41, 5.74) is 1.24. The van der Waals surface area contributed by atoms with Crippen LogP contribution in [0.2, 0.25) is 10.0 Å². The fraction of sp³-hybridized carbons (Fsp3) is 0.176. The lowest BCUT2D eigenvalue weighted by Crippen LogP contribution is -2.11. The quantitative estimate of drug-likeness (QED) is 0.622. The van der Waals surface area contributed by atoms with Gasteiger partial charge < -0.3 is 4.74 Å². The van der Waals surface area contributed by atoms with Crippen molar-refractivity contribution in [1.82, 2.24) is 4.98 Å². The van der Waals surface area contributed by atoms with Gasteiger partial charge in [0.15, 0.2) is 5.13 Å². The van der Waals surface area contributed by atoms with Crippen molar-refractivity contribution in [2.75, 3.05) is 11.9 Å². The summed E-state index contributed by atoms with van der Waals surface area (Å²) in [6, 6.07) is 10.4. The van der Waals surface area contributed by atoms with Gasteiger partial charge in [0, 0.05) is 5.56 Å². The summed E-state index contributed by atoms with van der Waals surface area (Å²) >= 11 is 13.2. The van der Waals surface area contributed by atoms with E-state index in [-0.39, 0.29) is 5.91 Å². The molecule has 0 bridgehead atoms. The summed E-state index contributed by atoms with van der Waals surface area (Å²) in [4.78, 5) is 16.7. The van der Waals surface area contributed by atoms with Gasteiger partial charge in [0.1, 0.15) is 5.75 Å². The first-order chi connectivity index (χ1) is 11.6. The number of thiazole rings is 1. The Hall–Kier alpha value is -1.82. The molecule has 24 heavy (non-hydrogen) atoms. The minimum atomic E-state index is -0.282. The smallest absolute Gasteiger partial charge is 0.257 e. The normalized spacial score (nSPS) is 10.8. The molecule has 2 aromatic carbocycles. The molecule has 7 heteroatoms. The number of hydrogen-bond donors (Lipinski definition) is 1. The summed E-state index contributed by atoms with van der Waals surface area (Å²) in [6.45, 7) is 2.73. The lowest BCUT2D eigenvalue weighted by Gasteiger charge is -2.03. The van der Waals surface area contributed by atoms with Crippen LogP contribution in [0.5, 0.6) is 5.75 Å². The molecule has 0 saturated heterocycles. The maximum absolute atomic E-state index is 12.3. The number of aromatic nitrogens is 1. The van der Waals surface area contributed by atoms with Gasteiger partial charge in [-0.05, 0) is 42.8 Å². The van der Waals surface area contributed by atoms with Crippen molar-refractivity contribution in [3.05, 3.63) is 52.0 Å². The third-order valence-electron chi connectivity index (χ3n) is 3.24. The van der Waals surface area contributed by atoms with Crippen molar-refractivity contribution >= 4 is 55.8 Å². The highest BCUT2D eigenvalue weighted by molar-refractivity contribution is 7.22. The number of benzene rings is 2. The van der Waals surface area contributed by atoms with E-state index in [9.17, 15) is 4.79 Å². The van der Waals surface area contributed by atoms with Crippen LogP contribution < -0.4 is 10.1 Å². The van der Waals surface area contributed by atoms with Gasteiger partial charge in [0.25, 0.3) is 5.91 Å². The Morgan fingerprint density at radius 2 is 2.04 bits per heavy atom. The summed E-state index contributed by atoms with van der Waals surface area (Å²) in [5.74, 6) is 0.519. The van der Waals surface area contributed by atoms with Crippen LogP contribution in [0.4, 0.5) is 5.13 Å². The summed E-state index contributed by atoms with van der Waals surface area (Å²) in [5, 5.41) is 4.05. The van der Waals surface area contributed by atoms with E-state index in [1.54, 1.807) is 12.1 Å². The number of anilines is 1. The van der Waals surface area contributed by atoms with Gasteiger partial charge in [-0.25, -0.2) is 4.98 Å². The second-order valence-electron chi connectivity index (χ2n) is 5.08. The monoisotopic (exact) mass is 380 g/mol. The van der Waals surface area contributed by atoms with Crippen molar-refractivity contribution in [2.45, 2.75) is 13.3 Å². The van der Waals surface area contributed by atoms with E-state index < -0.39 is 0 Å². The van der Waals surface area contributed by atoms with Crippen molar-refractivity contribution in [3.63, 3.8) is 0 Å². The fourth-order valence-corrected chi connectivity index (χ4v) is 3.26. The maximum Gasteiger partial charge on any atom is 0.257 e. The zero-order chi connectivity index (χ0) is 17.1. The molecule has 4 nitrogen and oxygen atoms in total. The Morgan fingerprint density at radius 1 is 1.21 bits per heavy atom. The Balaban J connectivity index is 1.79. The Kier molecular flexibility index (Phi) is 5.23. The van der Waals surface area contributed by atoms with E-state index in [1.807, 2.05) is 18.2 Å². The molecule has 0 radical (unpaired) electrons. The van der Waals surface area contributed by atoms with Crippen LogP contribution in [-0.2, 0) is 0 Å². The first kappa shape index (κ1) is 17.0. The molecule has 1 aromatic heterocycles. The molecular weight excluding hydrogens is 367 g/mol. The predicted octanol–water partition coefficient (Wildman–Crippen LogP) is 5.64. The topological polar surface area (TPSA) is 51.2 Å². The maximum atomic E-state index is 12.3. The highest BCUT2D eigenvalue weighted by Gasteiger charge is 2.12. The van der Waals surface area contributed by atoms with Gasteiger partial charge in [-0.2, -0.15) is 0 Å². The average molecular weight is 381 g/mol. The molecule has 0 aliphatic heterocycles. The van der Waals surface area contributed by atoms with Gasteiger partial charge in [-0.3, -0.25) is 10.1 Å². The van der Waals surface area contributed by atoms with Crippen molar-refractivity contribution in [3.8, 4) is 5.75 Å². The average Bonchev–Trinajstić information content (AvgIpc) is 2.96. The van der Waals surface area contributed by atoms with E-state index in [0.717, 1.165) is 22.4 Å². The minimum Gasteiger partial charge on any atom is -0.494 e. The van der Waals surface area contributed by atoms with Crippen LogP contribution in [0.3, 0.4) is 0 Å². The molecule has 0 fully saturated rings. The fourth-order valence-electron chi connectivity index (χ4n) is 2.07. The molecule has 0 unspecified atom stereocenters. The molecular formula is C17H14Cl2N2O2S. The number of rotatable bonds is 5. The van der Waals surface area contributed by atoms with E-state index >= 15 is 0 Å². The van der Waals surface area contributed by atoms with Crippen LogP contribution in [0.15, 0.2) is 36.4 Å². The van der Waals surface area contributed by atoms with Gasteiger partial charge in [-0.1, -0.05) is 41.5 Å². The summed E-state index contributed by atoms with van der Waals surface area (Å²) in [7, 11) is 0. The molecule has 0 spiro atoms. The first-order valence-electron chi connectivity index (χ1n) is 7.36. The standard InChI is InChI=1S/C17H14Cl2N2O2S/c1-2-7-23-11-4-6-14-15(9-11)24-17(20-14)21-16(22)10-3-5-12(18)13(19)8-10/h3-6,8-9H,2,7H2,1H3,(H,20,21,22). The highest BCUT2D eigenvalue weighted by atomic mass is 35.5. The third-order valence-corrected chi connectivity index (χ3v) is 4.91. The predicted molar refractivity (Wildman–Crippen MR) is 99.8 cm³/mol. The second kappa shape index (κ2) is 7.38. The summed E-state index contributed by atoms with van der Waals surface area (Å²) < 4.78 is 6.56. The molecule has 1 heterocycles. The lowest BCUT2D eigenvalue weighted by atomic mass is 10.2. The van der Waals surface area contributed by atoms with Crippen LogP contribution in [0.1, 0.15) is 23.7 Å². The SMILES string of the molecule is CCCOc1ccc2nc(NC(=O)c3ccc(Cl)c(Cl)c3)sc2c1. The van der Waals surface area contributed by atoms with Gasteiger partial charge in [0.2, 0.25) is 0 Å². The van der Waals surface area contributed by atoms with Crippen LogP contribution in [0, 0.1) is 0 Å². The number of carbonyl (C=O) groups is 1. The number of nitrogens with zero attached hydrogens (tertiary/aromatic N) is 1. The number of nitrogens with one attached hydrogen (secondary N) is 1. The Morgan fingerprint density at radius 3 is 2.79 bits per heavy atom. The Bertz CT molecular complexity index is 895. The van der Waals surface area contributed by atoms with E-state index in [1.165, 1.54) is 17.4 Å². The summed E-state index contributed by atoms with van der Waals surface area (Å²) in [6.07, 6.45) is 0.950. The zero-order valence-electron chi connectivity index (χ0n) is 12.8. The first-order valence-corrected chi connectivity index (χ1v) is 8.94. The third kappa shape index (κ3) is 3.80. The van der Waals surface area contributed by atoms with E-state index in [4.69, 9.17) is 27.9 Å². The zero-order valence-corrected chi connectivity index (χ0v) is 15.1. The number of amides is 1. The van der Waals surface area contributed by atoms with Crippen LogP contribution in [-0.4, -0.2) is 17.5 Å². The molecule has 3 rings (SSSR count). The molecule has 1 N–H and O–H groups in total. The van der Waals surface area contributed by atoms with E-state index in [2.05, 4.69) is 17.2 Å². The molecule has 0 atom stereocenters. The van der Waals surface area contributed by atoms with Crippen molar-refractivity contribution in [2.24, 2.45) is 0 Å². The van der Waals surface area contributed by atoms with Crippen LogP contribution >= 0.6 is 34.5 Å². The van der Waals surface area contributed by atoms with Crippen LogP contribution in [0.25, 0.3) is 10.2 Å². The molecule has 0 saturated carbocycles. The van der Waals surface area contributed by atoms with Crippen molar-refractivity contribution < 1.29 is 9.53 Å². The van der Waals surface area contributed by atoms with Gasteiger partial charge in [-0.15, -0.1) is 0 Å². The number of ether oxygens (including phenoxy) is 1.